The maximum Gasteiger partial charge on any atom is 0.223 e. The van der Waals surface area contributed by atoms with Gasteiger partial charge in [0.15, 0.2) is 0 Å². The van der Waals surface area contributed by atoms with Crippen LogP contribution in [0.15, 0.2) is 54.6 Å². The van der Waals surface area contributed by atoms with Crippen molar-refractivity contribution in [2.45, 2.75) is 31.7 Å². The molecule has 2 fully saturated rings. The number of aromatic nitrogens is 1. The van der Waals surface area contributed by atoms with E-state index in [0.29, 0.717) is 0 Å². The minimum Gasteiger partial charge on any atom is -0.356 e. The molecule has 1 unspecified atom stereocenters. The quantitative estimate of drug-likeness (QED) is 0.651. The molecule has 1 N–H and O–H groups in total. The molecule has 1 atom stereocenters. The lowest BCUT2D eigenvalue weighted by molar-refractivity contribution is -0.126. The highest BCUT2D eigenvalue weighted by atomic mass is 32.1. The fourth-order valence-electron chi connectivity index (χ4n) is 4.28. The van der Waals surface area contributed by atoms with Crippen LogP contribution in [0.25, 0.3) is 10.2 Å². The molecule has 1 saturated heterocycles. The van der Waals surface area contributed by atoms with Gasteiger partial charge < -0.3 is 5.32 Å². The molecule has 150 valence electrons. The first-order valence-electron chi connectivity index (χ1n) is 10.7. The molecule has 1 aliphatic heterocycles. The number of benzene rings is 2. The Morgan fingerprint density at radius 1 is 1.03 bits per heavy atom. The number of hydrogen-bond donors (Lipinski definition) is 1. The van der Waals surface area contributed by atoms with E-state index in [2.05, 4.69) is 64.8 Å². The molecule has 2 aliphatic rings. The molecule has 5 heteroatoms. The number of carbonyl (C=O) groups excluding carboxylic acids is 1. The van der Waals surface area contributed by atoms with Crippen LogP contribution in [0.5, 0.6) is 0 Å². The number of hydrogen-bond acceptors (Lipinski definition) is 4. The van der Waals surface area contributed by atoms with Gasteiger partial charge in [0.2, 0.25) is 5.91 Å². The highest BCUT2D eigenvalue weighted by Gasteiger charge is 2.32. The van der Waals surface area contributed by atoms with Crippen molar-refractivity contribution in [3.8, 4) is 0 Å². The van der Waals surface area contributed by atoms with Gasteiger partial charge in [-0.1, -0.05) is 42.5 Å². The Morgan fingerprint density at radius 3 is 2.48 bits per heavy atom. The third-order valence-electron chi connectivity index (χ3n) is 6.19. The van der Waals surface area contributed by atoms with E-state index in [1.54, 1.807) is 11.3 Å². The van der Waals surface area contributed by atoms with Crippen LogP contribution < -0.4 is 5.32 Å². The second kappa shape index (κ2) is 8.25. The Labute approximate surface area is 176 Å². The first kappa shape index (κ1) is 18.8. The first-order chi connectivity index (χ1) is 14.3. The lowest BCUT2D eigenvalue weighted by Crippen LogP contribution is -2.42. The molecule has 4 nitrogen and oxygen atoms in total. The summed E-state index contributed by atoms with van der Waals surface area (Å²) in [6, 6.07) is 19.2. The van der Waals surface area contributed by atoms with Crippen molar-refractivity contribution >= 4 is 27.5 Å². The fraction of sp³-hybridized carbons (Fsp3) is 0.417. The first-order valence-corrected chi connectivity index (χ1v) is 11.5. The van der Waals surface area contributed by atoms with Crippen LogP contribution >= 0.6 is 11.3 Å². The van der Waals surface area contributed by atoms with Gasteiger partial charge in [0, 0.05) is 12.5 Å². The summed E-state index contributed by atoms with van der Waals surface area (Å²) >= 11 is 1.79. The number of likely N-dealkylation sites (tertiary alicyclic amines) is 1. The van der Waals surface area contributed by atoms with E-state index in [-0.39, 0.29) is 17.9 Å². The maximum absolute atomic E-state index is 12.5. The zero-order valence-corrected chi connectivity index (χ0v) is 17.4. The average Bonchev–Trinajstić information content (AvgIpc) is 3.50. The normalized spacial score (nSPS) is 19.3. The van der Waals surface area contributed by atoms with E-state index in [0.717, 1.165) is 48.9 Å². The van der Waals surface area contributed by atoms with Gasteiger partial charge in [0.1, 0.15) is 5.01 Å². The second-order valence-electron chi connectivity index (χ2n) is 8.33. The predicted molar refractivity (Wildman–Crippen MR) is 118 cm³/mol. The summed E-state index contributed by atoms with van der Waals surface area (Å²) in [5.41, 5.74) is 2.35. The number of fused-ring (bicyclic) bond motifs is 1. The van der Waals surface area contributed by atoms with Crippen molar-refractivity contribution in [2.75, 3.05) is 19.6 Å². The minimum atomic E-state index is 0.150. The number of carbonyl (C=O) groups is 1. The van der Waals surface area contributed by atoms with Crippen LogP contribution in [0.4, 0.5) is 0 Å². The molecule has 5 rings (SSSR count). The zero-order chi connectivity index (χ0) is 19.6. The lowest BCUT2D eigenvalue weighted by atomic mass is 9.93. The predicted octanol–water partition coefficient (Wildman–Crippen LogP) is 4.62. The van der Waals surface area contributed by atoms with Gasteiger partial charge >= 0.3 is 0 Å². The molecular weight excluding hydrogens is 378 g/mol. The molecule has 0 bridgehead atoms. The van der Waals surface area contributed by atoms with Gasteiger partial charge in [-0.05, 0) is 62.4 Å². The number of amides is 1. The Hall–Kier alpha value is -2.24. The highest BCUT2D eigenvalue weighted by Crippen LogP contribution is 2.36. The summed E-state index contributed by atoms with van der Waals surface area (Å²) in [7, 11) is 0. The summed E-state index contributed by atoms with van der Waals surface area (Å²) in [6.45, 7) is 2.73. The van der Waals surface area contributed by atoms with Gasteiger partial charge in [-0.3, -0.25) is 9.69 Å². The van der Waals surface area contributed by atoms with Crippen LogP contribution in [-0.4, -0.2) is 35.4 Å². The van der Waals surface area contributed by atoms with Gasteiger partial charge in [0.05, 0.1) is 16.3 Å². The van der Waals surface area contributed by atoms with Crippen molar-refractivity contribution in [3.05, 3.63) is 65.2 Å². The standard InChI is InChI=1S/C24H27N3OS/c28-23(25-16-17-10-11-17)19-12-14-27(15-13-19)22(18-6-2-1-3-7-18)24-26-20-8-4-5-9-21(20)29-24/h1-9,17,19,22H,10-16H2,(H,25,28). The minimum absolute atomic E-state index is 0.150. The van der Waals surface area contributed by atoms with Crippen LogP contribution in [0.2, 0.25) is 0 Å². The van der Waals surface area contributed by atoms with Gasteiger partial charge in [0.25, 0.3) is 0 Å². The molecule has 29 heavy (non-hydrogen) atoms. The lowest BCUT2D eigenvalue weighted by Gasteiger charge is -2.36. The van der Waals surface area contributed by atoms with E-state index >= 15 is 0 Å². The molecule has 2 aromatic carbocycles. The summed E-state index contributed by atoms with van der Waals surface area (Å²) in [6.07, 6.45) is 4.40. The van der Waals surface area contributed by atoms with Gasteiger partial charge in [-0.2, -0.15) is 0 Å². The van der Waals surface area contributed by atoms with Crippen molar-refractivity contribution in [1.29, 1.82) is 0 Å². The molecule has 1 aromatic heterocycles. The van der Waals surface area contributed by atoms with Crippen molar-refractivity contribution in [2.24, 2.45) is 11.8 Å². The molecule has 1 saturated carbocycles. The largest absolute Gasteiger partial charge is 0.356 e. The van der Waals surface area contributed by atoms with E-state index < -0.39 is 0 Å². The smallest absolute Gasteiger partial charge is 0.223 e. The number of rotatable bonds is 6. The summed E-state index contributed by atoms with van der Waals surface area (Å²) in [5.74, 6) is 1.14. The Bertz CT molecular complexity index is 941. The highest BCUT2D eigenvalue weighted by molar-refractivity contribution is 7.18. The molecule has 1 aliphatic carbocycles. The molecule has 2 heterocycles. The maximum atomic E-state index is 12.5. The van der Waals surface area contributed by atoms with Crippen LogP contribution in [0.3, 0.4) is 0 Å². The molecule has 0 radical (unpaired) electrons. The Morgan fingerprint density at radius 2 is 1.76 bits per heavy atom. The molecule has 0 spiro atoms. The third kappa shape index (κ3) is 4.21. The number of thiazole rings is 1. The number of para-hydroxylation sites is 1. The van der Waals surface area contributed by atoms with E-state index in [1.807, 2.05) is 0 Å². The second-order valence-corrected chi connectivity index (χ2v) is 9.39. The third-order valence-corrected chi connectivity index (χ3v) is 7.28. The molecule has 3 aromatic rings. The summed E-state index contributed by atoms with van der Waals surface area (Å²) < 4.78 is 1.23. The fourth-order valence-corrected chi connectivity index (χ4v) is 5.41. The van der Waals surface area contributed by atoms with E-state index in [4.69, 9.17) is 4.98 Å². The Balaban J connectivity index is 1.34. The van der Waals surface area contributed by atoms with Crippen LogP contribution in [0.1, 0.15) is 42.3 Å². The SMILES string of the molecule is O=C(NCC1CC1)C1CCN(C(c2ccccc2)c2nc3ccccc3s2)CC1. The van der Waals surface area contributed by atoms with Gasteiger partial charge in [-0.25, -0.2) is 4.98 Å². The molecule has 1 amide bonds. The Kier molecular flexibility index (Phi) is 5.34. The summed E-state index contributed by atoms with van der Waals surface area (Å²) in [5, 5.41) is 4.32. The van der Waals surface area contributed by atoms with Crippen molar-refractivity contribution in [1.82, 2.24) is 15.2 Å². The van der Waals surface area contributed by atoms with Crippen molar-refractivity contribution in [3.63, 3.8) is 0 Å². The van der Waals surface area contributed by atoms with Crippen LogP contribution in [0, 0.1) is 11.8 Å². The molecular formula is C24H27N3OS. The van der Waals surface area contributed by atoms with Crippen molar-refractivity contribution < 1.29 is 4.79 Å². The topological polar surface area (TPSA) is 45.2 Å². The van der Waals surface area contributed by atoms with Crippen LogP contribution in [-0.2, 0) is 4.79 Å². The zero-order valence-electron chi connectivity index (χ0n) is 16.6. The monoisotopic (exact) mass is 405 g/mol. The average molecular weight is 406 g/mol. The van der Waals surface area contributed by atoms with Gasteiger partial charge in [-0.15, -0.1) is 11.3 Å². The van der Waals surface area contributed by atoms with E-state index in [1.165, 1.54) is 23.1 Å². The van der Waals surface area contributed by atoms with E-state index in [9.17, 15) is 4.79 Å². The summed E-state index contributed by atoms with van der Waals surface area (Å²) in [4.78, 5) is 20.0. The number of nitrogens with one attached hydrogen (secondary N) is 1. The number of nitrogens with zero attached hydrogens (tertiary/aromatic N) is 2. The number of piperidine rings is 1.